The zero-order chi connectivity index (χ0) is 11.7. The molecule has 2 unspecified atom stereocenters. The van der Waals surface area contributed by atoms with Gasteiger partial charge in [-0.15, -0.1) is 0 Å². The Balaban J connectivity index is 2.21. The van der Waals surface area contributed by atoms with Crippen molar-refractivity contribution in [2.24, 2.45) is 5.92 Å². The van der Waals surface area contributed by atoms with Crippen molar-refractivity contribution < 1.29 is 9.53 Å². The van der Waals surface area contributed by atoms with Gasteiger partial charge in [0.15, 0.2) is 0 Å². The van der Waals surface area contributed by atoms with Crippen molar-refractivity contribution in [1.82, 2.24) is 9.78 Å². The van der Waals surface area contributed by atoms with E-state index in [1.54, 1.807) is 6.20 Å². The molecule has 1 N–H and O–H groups in total. The molecule has 0 aromatic carbocycles. The van der Waals surface area contributed by atoms with Crippen LogP contribution in [0.15, 0.2) is 10.7 Å². The lowest BCUT2D eigenvalue weighted by Crippen LogP contribution is -2.37. The summed E-state index contributed by atoms with van der Waals surface area (Å²) in [5.74, 6) is 0.576. The molecule has 16 heavy (non-hydrogen) atoms. The summed E-state index contributed by atoms with van der Waals surface area (Å²) < 4.78 is 7.77. The van der Waals surface area contributed by atoms with E-state index in [1.807, 2.05) is 18.5 Å². The number of fused-ring (bicyclic) bond motifs is 1. The second-order valence-electron chi connectivity index (χ2n) is 3.77. The van der Waals surface area contributed by atoms with E-state index in [9.17, 15) is 4.79 Å². The molecule has 0 bridgehead atoms. The van der Waals surface area contributed by atoms with Crippen molar-refractivity contribution in [3.8, 4) is 0 Å². The second-order valence-corrected chi connectivity index (χ2v) is 4.62. The number of halogens is 1. The number of carbonyl (C=O) groups is 1. The normalized spacial score (nSPS) is 23.4. The number of anilines is 1. The molecule has 0 saturated carbocycles. The van der Waals surface area contributed by atoms with Crippen molar-refractivity contribution in [2.75, 3.05) is 18.5 Å². The average molecular weight is 288 g/mol. The molecular weight excluding hydrogens is 274 g/mol. The van der Waals surface area contributed by atoms with Crippen LogP contribution in [-0.2, 0) is 9.53 Å². The summed E-state index contributed by atoms with van der Waals surface area (Å²) in [6.45, 7) is 4.79. The Hall–Kier alpha value is -1.04. The third-order valence-electron chi connectivity index (χ3n) is 2.80. The molecule has 2 atom stereocenters. The molecule has 0 spiro atoms. The zero-order valence-corrected chi connectivity index (χ0v) is 10.8. The molecule has 0 saturated heterocycles. The molecule has 5 nitrogen and oxygen atoms in total. The molecule has 1 aliphatic rings. The number of nitrogens with one attached hydrogen (secondary N) is 1. The number of aromatic nitrogens is 2. The van der Waals surface area contributed by atoms with Crippen LogP contribution in [-0.4, -0.2) is 28.9 Å². The first kappa shape index (κ1) is 11.4. The predicted octanol–water partition coefficient (Wildman–Crippen LogP) is 1.81. The Morgan fingerprint density at radius 1 is 1.81 bits per heavy atom. The van der Waals surface area contributed by atoms with E-state index < -0.39 is 0 Å². The van der Waals surface area contributed by atoms with Crippen LogP contribution in [0.2, 0.25) is 0 Å². The number of nitrogens with zero attached hydrogens (tertiary/aromatic N) is 2. The van der Waals surface area contributed by atoms with Crippen LogP contribution in [0.25, 0.3) is 0 Å². The number of hydrogen-bond acceptors (Lipinski definition) is 4. The largest absolute Gasteiger partial charge is 0.466 e. The quantitative estimate of drug-likeness (QED) is 0.843. The molecule has 0 fully saturated rings. The third-order valence-corrected chi connectivity index (χ3v) is 3.38. The SMILES string of the molecule is CCOC(=O)C1CNc2c(Br)cnn2C1C. The molecule has 1 aromatic heterocycles. The zero-order valence-electron chi connectivity index (χ0n) is 9.24. The molecule has 1 aliphatic heterocycles. The summed E-state index contributed by atoms with van der Waals surface area (Å²) >= 11 is 3.41. The standard InChI is InChI=1S/C10H14BrN3O2/c1-3-16-10(15)7-4-12-9-8(11)5-13-14(9)6(7)2/h5-7,12H,3-4H2,1-2H3. The van der Waals surface area contributed by atoms with Crippen molar-refractivity contribution in [3.05, 3.63) is 10.7 Å². The second kappa shape index (κ2) is 4.45. The Labute approximate surface area is 102 Å². The molecule has 2 rings (SSSR count). The van der Waals surface area contributed by atoms with Gasteiger partial charge in [-0.25, -0.2) is 4.68 Å². The molecule has 0 aliphatic carbocycles. The summed E-state index contributed by atoms with van der Waals surface area (Å²) in [4.78, 5) is 11.7. The minimum Gasteiger partial charge on any atom is -0.466 e. The van der Waals surface area contributed by atoms with Gasteiger partial charge >= 0.3 is 5.97 Å². The van der Waals surface area contributed by atoms with Gasteiger partial charge in [0.2, 0.25) is 0 Å². The van der Waals surface area contributed by atoms with Crippen LogP contribution in [0.5, 0.6) is 0 Å². The fraction of sp³-hybridized carbons (Fsp3) is 0.600. The van der Waals surface area contributed by atoms with Crippen molar-refractivity contribution >= 4 is 27.7 Å². The lowest BCUT2D eigenvalue weighted by Gasteiger charge is -2.29. The first-order chi connectivity index (χ1) is 7.65. The summed E-state index contributed by atoms with van der Waals surface area (Å²) in [6, 6.07) is 0.0154. The van der Waals surface area contributed by atoms with Crippen LogP contribution in [0, 0.1) is 5.92 Å². The highest BCUT2D eigenvalue weighted by Gasteiger charge is 2.33. The summed E-state index contributed by atoms with van der Waals surface area (Å²) in [7, 11) is 0. The van der Waals surface area contributed by atoms with Gasteiger partial charge in [0.05, 0.1) is 29.2 Å². The van der Waals surface area contributed by atoms with Crippen LogP contribution in [0.4, 0.5) is 5.82 Å². The van der Waals surface area contributed by atoms with E-state index in [-0.39, 0.29) is 17.9 Å². The molecule has 0 radical (unpaired) electrons. The maximum atomic E-state index is 11.7. The van der Waals surface area contributed by atoms with Crippen molar-refractivity contribution in [1.29, 1.82) is 0 Å². The first-order valence-electron chi connectivity index (χ1n) is 5.28. The van der Waals surface area contributed by atoms with E-state index in [1.165, 1.54) is 0 Å². The number of rotatable bonds is 2. The van der Waals surface area contributed by atoms with E-state index >= 15 is 0 Å². The molecule has 0 amide bonds. The minimum atomic E-state index is -0.181. The summed E-state index contributed by atoms with van der Waals surface area (Å²) in [5.41, 5.74) is 0. The van der Waals surface area contributed by atoms with Crippen molar-refractivity contribution in [2.45, 2.75) is 19.9 Å². The average Bonchev–Trinajstić information content (AvgIpc) is 2.62. The molecule has 2 heterocycles. The van der Waals surface area contributed by atoms with Gasteiger partial charge in [-0.2, -0.15) is 5.10 Å². The smallest absolute Gasteiger partial charge is 0.312 e. The van der Waals surface area contributed by atoms with E-state index in [0.717, 1.165) is 10.3 Å². The number of ether oxygens (including phenoxy) is 1. The third kappa shape index (κ3) is 1.81. The number of esters is 1. The fourth-order valence-electron chi connectivity index (χ4n) is 1.89. The minimum absolute atomic E-state index is 0.0154. The maximum absolute atomic E-state index is 11.7. The molecule has 88 valence electrons. The Kier molecular flexibility index (Phi) is 3.18. The van der Waals surface area contributed by atoms with Gasteiger partial charge in [-0.1, -0.05) is 0 Å². The van der Waals surface area contributed by atoms with Gasteiger partial charge in [0.1, 0.15) is 5.82 Å². The lowest BCUT2D eigenvalue weighted by atomic mass is 10.00. The predicted molar refractivity (Wildman–Crippen MR) is 63.3 cm³/mol. The lowest BCUT2D eigenvalue weighted by molar-refractivity contribution is -0.149. The molecular formula is C10H14BrN3O2. The summed E-state index contributed by atoms with van der Waals surface area (Å²) in [6.07, 6.45) is 1.73. The monoisotopic (exact) mass is 287 g/mol. The van der Waals surface area contributed by atoms with Gasteiger partial charge in [-0.05, 0) is 29.8 Å². The van der Waals surface area contributed by atoms with E-state index in [2.05, 4.69) is 26.3 Å². The Bertz CT molecular complexity index is 405. The van der Waals surface area contributed by atoms with Crippen LogP contribution in [0.3, 0.4) is 0 Å². The molecule has 6 heteroatoms. The Morgan fingerprint density at radius 3 is 3.25 bits per heavy atom. The van der Waals surface area contributed by atoms with Gasteiger partial charge in [0.25, 0.3) is 0 Å². The maximum Gasteiger partial charge on any atom is 0.312 e. The van der Waals surface area contributed by atoms with Gasteiger partial charge in [0, 0.05) is 6.54 Å². The fourth-order valence-corrected chi connectivity index (χ4v) is 2.31. The number of hydrogen-bond donors (Lipinski definition) is 1. The summed E-state index contributed by atoms with van der Waals surface area (Å²) in [5, 5.41) is 7.41. The highest BCUT2D eigenvalue weighted by Crippen LogP contribution is 2.32. The topological polar surface area (TPSA) is 56.1 Å². The highest BCUT2D eigenvalue weighted by atomic mass is 79.9. The van der Waals surface area contributed by atoms with E-state index in [4.69, 9.17) is 4.74 Å². The van der Waals surface area contributed by atoms with Crippen LogP contribution in [0.1, 0.15) is 19.9 Å². The van der Waals surface area contributed by atoms with Gasteiger partial charge < -0.3 is 10.1 Å². The number of carbonyl (C=O) groups excluding carboxylic acids is 1. The van der Waals surface area contributed by atoms with Crippen LogP contribution >= 0.6 is 15.9 Å². The van der Waals surface area contributed by atoms with E-state index in [0.29, 0.717) is 13.2 Å². The van der Waals surface area contributed by atoms with Gasteiger partial charge in [-0.3, -0.25) is 4.79 Å². The highest BCUT2D eigenvalue weighted by molar-refractivity contribution is 9.10. The Morgan fingerprint density at radius 2 is 2.56 bits per heavy atom. The first-order valence-corrected chi connectivity index (χ1v) is 6.08. The molecule has 1 aromatic rings. The van der Waals surface area contributed by atoms with Crippen LogP contribution < -0.4 is 5.32 Å². The van der Waals surface area contributed by atoms with Crippen molar-refractivity contribution in [3.63, 3.8) is 0 Å².